The van der Waals surface area contributed by atoms with Crippen molar-refractivity contribution in [2.24, 2.45) is 5.92 Å². The molecule has 0 bridgehead atoms. The van der Waals surface area contributed by atoms with Gasteiger partial charge in [0.25, 0.3) is 5.91 Å². The molecule has 0 saturated carbocycles. The highest BCUT2D eigenvalue weighted by molar-refractivity contribution is 6.07. The lowest BCUT2D eigenvalue weighted by molar-refractivity contribution is -0.134. The Morgan fingerprint density at radius 2 is 1.61 bits per heavy atom. The number of methoxy groups -OCH3 is 1. The van der Waals surface area contributed by atoms with E-state index in [1.807, 2.05) is 55.1 Å². The van der Waals surface area contributed by atoms with Crippen molar-refractivity contribution in [3.63, 3.8) is 0 Å². The molecule has 0 radical (unpaired) electrons. The zero-order valence-electron chi connectivity index (χ0n) is 16.6. The second-order valence-corrected chi connectivity index (χ2v) is 7.14. The Kier molecular flexibility index (Phi) is 6.19. The molecular formula is C22H27N3O3. The second kappa shape index (κ2) is 8.78. The highest BCUT2D eigenvalue weighted by Crippen LogP contribution is 2.28. The quantitative estimate of drug-likeness (QED) is 0.864. The van der Waals surface area contributed by atoms with Crippen molar-refractivity contribution < 1.29 is 14.3 Å². The van der Waals surface area contributed by atoms with E-state index in [0.717, 1.165) is 24.5 Å². The highest BCUT2D eigenvalue weighted by Gasteiger charge is 2.24. The highest BCUT2D eigenvalue weighted by atomic mass is 16.5. The first-order valence-corrected chi connectivity index (χ1v) is 9.58. The number of ether oxygens (including phenoxy) is 1. The summed E-state index contributed by atoms with van der Waals surface area (Å²) < 4.78 is 5.30. The minimum absolute atomic E-state index is 0.0129. The van der Waals surface area contributed by atoms with Crippen molar-refractivity contribution in [3.8, 4) is 5.75 Å². The summed E-state index contributed by atoms with van der Waals surface area (Å²) in [7, 11) is 1.55. The molecule has 1 aliphatic rings. The van der Waals surface area contributed by atoms with Crippen molar-refractivity contribution in [2.75, 3.05) is 43.5 Å². The van der Waals surface area contributed by atoms with Gasteiger partial charge in [0, 0.05) is 32.1 Å². The van der Waals surface area contributed by atoms with E-state index in [9.17, 15) is 9.59 Å². The van der Waals surface area contributed by atoms with E-state index in [2.05, 4.69) is 10.2 Å². The fraction of sp³-hybridized carbons (Fsp3) is 0.364. The lowest BCUT2D eigenvalue weighted by atomic mass is 10.1. The average molecular weight is 381 g/mol. The Morgan fingerprint density at radius 1 is 0.964 bits per heavy atom. The Morgan fingerprint density at radius 3 is 2.29 bits per heavy atom. The molecule has 0 aromatic heterocycles. The van der Waals surface area contributed by atoms with Crippen molar-refractivity contribution >= 4 is 23.2 Å². The van der Waals surface area contributed by atoms with E-state index >= 15 is 0 Å². The maximum atomic E-state index is 12.8. The number of piperazine rings is 1. The summed E-state index contributed by atoms with van der Waals surface area (Å²) in [6.45, 7) is 6.70. The molecule has 6 nitrogen and oxygen atoms in total. The van der Waals surface area contributed by atoms with Crippen LogP contribution >= 0.6 is 0 Å². The summed E-state index contributed by atoms with van der Waals surface area (Å²) in [6.07, 6.45) is 0. The van der Waals surface area contributed by atoms with Crippen LogP contribution < -0.4 is 15.0 Å². The van der Waals surface area contributed by atoms with Gasteiger partial charge in [-0.05, 0) is 24.3 Å². The van der Waals surface area contributed by atoms with E-state index in [0.29, 0.717) is 24.4 Å². The number of carbonyl (C=O) groups excluding carboxylic acids is 2. The van der Waals surface area contributed by atoms with Gasteiger partial charge in [-0.1, -0.05) is 38.1 Å². The first-order valence-electron chi connectivity index (χ1n) is 9.58. The number of benzene rings is 2. The van der Waals surface area contributed by atoms with Crippen LogP contribution in [0.4, 0.5) is 11.4 Å². The van der Waals surface area contributed by atoms with Crippen LogP contribution in [0.1, 0.15) is 24.2 Å². The molecule has 1 N–H and O–H groups in total. The van der Waals surface area contributed by atoms with Gasteiger partial charge >= 0.3 is 0 Å². The minimum Gasteiger partial charge on any atom is -0.496 e. The molecule has 28 heavy (non-hydrogen) atoms. The molecule has 0 aliphatic carbocycles. The van der Waals surface area contributed by atoms with Crippen LogP contribution in [0.3, 0.4) is 0 Å². The Labute approximate surface area is 166 Å². The molecule has 3 rings (SSSR count). The number of anilines is 2. The summed E-state index contributed by atoms with van der Waals surface area (Å²) in [5, 5.41) is 3.01. The van der Waals surface area contributed by atoms with Crippen LogP contribution in [-0.4, -0.2) is 50.0 Å². The van der Waals surface area contributed by atoms with Gasteiger partial charge in [-0.15, -0.1) is 0 Å². The number of hydrogen-bond donors (Lipinski definition) is 1. The number of nitrogens with one attached hydrogen (secondary N) is 1. The molecule has 0 atom stereocenters. The van der Waals surface area contributed by atoms with Crippen LogP contribution in [0.2, 0.25) is 0 Å². The zero-order chi connectivity index (χ0) is 20.1. The molecule has 0 spiro atoms. The van der Waals surface area contributed by atoms with Gasteiger partial charge in [0.15, 0.2) is 0 Å². The Bertz CT molecular complexity index is 842. The molecule has 148 valence electrons. The summed E-state index contributed by atoms with van der Waals surface area (Å²) in [5.74, 6) is 0.535. The van der Waals surface area contributed by atoms with E-state index in [1.54, 1.807) is 19.2 Å². The largest absolute Gasteiger partial charge is 0.496 e. The second-order valence-electron chi connectivity index (χ2n) is 7.14. The lowest BCUT2D eigenvalue weighted by Gasteiger charge is -2.37. The van der Waals surface area contributed by atoms with Gasteiger partial charge in [-0.2, -0.15) is 0 Å². The molecular weight excluding hydrogens is 354 g/mol. The van der Waals surface area contributed by atoms with Crippen LogP contribution in [0, 0.1) is 5.92 Å². The Balaban J connectivity index is 1.74. The monoisotopic (exact) mass is 381 g/mol. The van der Waals surface area contributed by atoms with E-state index < -0.39 is 0 Å². The topological polar surface area (TPSA) is 61.9 Å². The van der Waals surface area contributed by atoms with Crippen molar-refractivity contribution in [1.29, 1.82) is 0 Å². The van der Waals surface area contributed by atoms with Crippen LogP contribution in [0.25, 0.3) is 0 Å². The first kappa shape index (κ1) is 19.7. The van der Waals surface area contributed by atoms with E-state index in [1.165, 1.54) is 0 Å². The van der Waals surface area contributed by atoms with E-state index in [-0.39, 0.29) is 17.7 Å². The SMILES string of the molecule is COc1ccccc1C(=O)Nc1ccccc1N1CCN(C(=O)C(C)C)CC1. The van der Waals surface area contributed by atoms with Gasteiger partial charge in [0.05, 0.1) is 24.0 Å². The molecule has 0 unspecified atom stereocenters. The third kappa shape index (κ3) is 4.27. The van der Waals surface area contributed by atoms with Gasteiger partial charge in [0.1, 0.15) is 5.75 Å². The molecule has 6 heteroatoms. The zero-order valence-corrected chi connectivity index (χ0v) is 16.6. The molecule has 1 aliphatic heterocycles. The summed E-state index contributed by atoms with van der Waals surface area (Å²) >= 11 is 0. The molecule has 1 saturated heterocycles. The molecule has 2 aromatic carbocycles. The predicted octanol–water partition coefficient (Wildman–Crippen LogP) is 3.25. The summed E-state index contributed by atoms with van der Waals surface area (Å²) in [6, 6.07) is 14.9. The van der Waals surface area contributed by atoms with Crippen molar-refractivity contribution in [3.05, 3.63) is 54.1 Å². The Hall–Kier alpha value is -3.02. The van der Waals surface area contributed by atoms with Crippen LogP contribution in [0.15, 0.2) is 48.5 Å². The van der Waals surface area contributed by atoms with Gasteiger partial charge in [-0.3, -0.25) is 9.59 Å². The number of nitrogens with zero attached hydrogens (tertiary/aromatic N) is 2. The number of hydrogen-bond acceptors (Lipinski definition) is 4. The number of para-hydroxylation sites is 3. The van der Waals surface area contributed by atoms with Crippen LogP contribution in [-0.2, 0) is 4.79 Å². The van der Waals surface area contributed by atoms with Gasteiger partial charge < -0.3 is 19.9 Å². The molecule has 1 heterocycles. The predicted molar refractivity (Wildman–Crippen MR) is 111 cm³/mol. The molecule has 2 amide bonds. The molecule has 2 aromatic rings. The van der Waals surface area contributed by atoms with E-state index in [4.69, 9.17) is 4.74 Å². The normalized spacial score (nSPS) is 14.1. The van der Waals surface area contributed by atoms with Gasteiger partial charge in [0.2, 0.25) is 5.91 Å². The number of carbonyl (C=O) groups is 2. The van der Waals surface area contributed by atoms with Gasteiger partial charge in [-0.25, -0.2) is 0 Å². The van der Waals surface area contributed by atoms with Crippen molar-refractivity contribution in [1.82, 2.24) is 4.90 Å². The summed E-state index contributed by atoms with van der Waals surface area (Å²) in [5.41, 5.74) is 2.21. The maximum absolute atomic E-state index is 12.8. The number of amides is 2. The number of rotatable bonds is 5. The summed E-state index contributed by atoms with van der Waals surface area (Å²) in [4.78, 5) is 29.1. The third-order valence-corrected chi connectivity index (χ3v) is 4.93. The first-order chi connectivity index (χ1) is 13.5. The minimum atomic E-state index is -0.210. The fourth-order valence-corrected chi connectivity index (χ4v) is 3.41. The van der Waals surface area contributed by atoms with Crippen LogP contribution in [0.5, 0.6) is 5.75 Å². The third-order valence-electron chi connectivity index (χ3n) is 4.93. The fourth-order valence-electron chi connectivity index (χ4n) is 3.41. The standard InChI is InChI=1S/C22H27N3O3/c1-16(2)22(27)25-14-12-24(13-15-25)19-10-6-5-9-18(19)23-21(26)17-8-4-7-11-20(17)28-3/h4-11,16H,12-15H2,1-3H3,(H,23,26). The average Bonchev–Trinajstić information content (AvgIpc) is 2.73. The lowest BCUT2D eigenvalue weighted by Crippen LogP contribution is -2.50. The maximum Gasteiger partial charge on any atom is 0.259 e. The smallest absolute Gasteiger partial charge is 0.259 e. The van der Waals surface area contributed by atoms with Crippen molar-refractivity contribution in [2.45, 2.75) is 13.8 Å². The molecule has 1 fully saturated rings.